The summed E-state index contributed by atoms with van der Waals surface area (Å²) in [5.41, 5.74) is 0.353. The number of pyridine rings is 1. The second kappa shape index (κ2) is 8.64. The van der Waals surface area contributed by atoms with Gasteiger partial charge in [-0.05, 0) is 18.2 Å². The van der Waals surface area contributed by atoms with Gasteiger partial charge in [0, 0.05) is 17.2 Å². The van der Waals surface area contributed by atoms with E-state index in [0.29, 0.717) is 22.4 Å². The molecule has 0 radical (unpaired) electrons. The predicted molar refractivity (Wildman–Crippen MR) is 96.3 cm³/mol. The molecule has 24 heavy (non-hydrogen) atoms. The number of aliphatic imine (C=N–C) groups is 1. The Bertz CT molecular complexity index is 786. The molecular formula is C18H16ClN3O2. The number of ether oxygens (including phenoxy) is 2. The highest BCUT2D eigenvalue weighted by Gasteiger charge is 2.07. The van der Waals surface area contributed by atoms with Crippen molar-refractivity contribution in [1.29, 1.82) is 5.41 Å². The average Bonchev–Trinajstić information content (AvgIpc) is 2.62. The molecule has 0 unspecified atom stereocenters. The molecule has 6 heteroatoms. The van der Waals surface area contributed by atoms with Crippen LogP contribution in [-0.2, 0) is 0 Å². The summed E-state index contributed by atoms with van der Waals surface area (Å²) >= 11 is 5.98. The predicted octanol–water partition coefficient (Wildman–Crippen LogP) is 4.20. The summed E-state index contributed by atoms with van der Waals surface area (Å²) in [5.74, 6) is 1.05. The standard InChI is InChI=1S/C18H16ClN3O2/c1-3-13(19)12-17(24-14-8-5-4-6-9-14)22-18(20)15-10-7-11-16(21-15)23-2/h3-12,20H,1H2,2H3/b13-12-,20-18?,22-17+. The molecule has 0 saturated heterocycles. The lowest BCUT2D eigenvalue weighted by Gasteiger charge is -2.07. The molecule has 2 aromatic rings. The number of methoxy groups -OCH3 is 1. The van der Waals surface area contributed by atoms with E-state index in [-0.39, 0.29) is 11.7 Å². The van der Waals surface area contributed by atoms with Gasteiger partial charge >= 0.3 is 0 Å². The Hall–Kier alpha value is -2.92. The van der Waals surface area contributed by atoms with Gasteiger partial charge < -0.3 is 9.47 Å². The second-order valence-electron chi connectivity index (χ2n) is 4.51. The minimum absolute atomic E-state index is 0.0791. The third-order valence-corrected chi connectivity index (χ3v) is 3.08. The molecule has 2 rings (SSSR count). The van der Waals surface area contributed by atoms with Gasteiger partial charge in [-0.15, -0.1) is 0 Å². The van der Waals surface area contributed by atoms with Crippen LogP contribution in [0.5, 0.6) is 11.6 Å². The fraction of sp³-hybridized carbons (Fsp3) is 0.0556. The van der Waals surface area contributed by atoms with Gasteiger partial charge in [0.1, 0.15) is 11.4 Å². The number of para-hydroxylation sites is 1. The lowest BCUT2D eigenvalue weighted by Crippen LogP contribution is -2.10. The van der Waals surface area contributed by atoms with Gasteiger partial charge in [-0.1, -0.05) is 48.5 Å². The van der Waals surface area contributed by atoms with Crippen LogP contribution in [0.1, 0.15) is 5.69 Å². The van der Waals surface area contributed by atoms with E-state index in [4.69, 9.17) is 26.5 Å². The third-order valence-electron chi connectivity index (χ3n) is 2.82. The first-order chi connectivity index (χ1) is 11.6. The minimum Gasteiger partial charge on any atom is -0.481 e. The normalized spacial score (nSPS) is 11.8. The van der Waals surface area contributed by atoms with Crippen LogP contribution in [0.2, 0.25) is 0 Å². The van der Waals surface area contributed by atoms with Crippen molar-refractivity contribution < 1.29 is 9.47 Å². The van der Waals surface area contributed by atoms with E-state index in [0.717, 1.165) is 0 Å². The number of halogens is 1. The number of nitrogens with one attached hydrogen (secondary N) is 1. The van der Waals surface area contributed by atoms with Crippen molar-refractivity contribution in [2.24, 2.45) is 4.99 Å². The van der Waals surface area contributed by atoms with Crippen LogP contribution < -0.4 is 9.47 Å². The molecule has 5 nitrogen and oxygen atoms in total. The number of nitrogens with zero attached hydrogens (tertiary/aromatic N) is 2. The first-order valence-electron chi connectivity index (χ1n) is 7.03. The van der Waals surface area contributed by atoms with E-state index in [1.807, 2.05) is 18.2 Å². The van der Waals surface area contributed by atoms with E-state index in [1.54, 1.807) is 30.3 Å². The van der Waals surface area contributed by atoms with E-state index in [9.17, 15) is 0 Å². The zero-order valence-electron chi connectivity index (χ0n) is 13.1. The van der Waals surface area contributed by atoms with Crippen LogP contribution in [0.25, 0.3) is 0 Å². The highest BCUT2D eigenvalue weighted by molar-refractivity contribution is 6.32. The van der Waals surface area contributed by atoms with Crippen LogP contribution >= 0.6 is 11.6 Å². The summed E-state index contributed by atoms with van der Waals surface area (Å²) in [5, 5.41) is 8.46. The molecule has 0 spiro atoms. The summed E-state index contributed by atoms with van der Waals surface area (Å²) in [6.07, 6.45) is 2.94. The van der Waals surface area contributed by atoms with E-state index in [1.165, 1.54) is 19.3 Å². The highest BCUT2D eigenvalue weighted by atomic mass is 35.5. The van der Waals surface area contributed by atoms with Crippen LogP contribution in [0, 0.1) is 5.41 Å². The van der Waals surface area contributed by atoms with Gasteiger partial charge in [-0.25, -0.2) is 4.98 Å². The molecule has 1 aromatic carbocycles. The molecule has 1 N–H and O–H groups in total. The fourth-order valence-electron chi connectivity index (χ4n) is 1.70. The quantitative estimate of drug-likeness (QED) is 0.503. The van der Waals surface area contributed by atoms with E-state index in [2.05, 4.69) is 16.6 Å². The smallest absolute Gasteiger partial charge is 0.222 e. The summed E-state index contributed by atoms with van der Waals surface area (Å²) in [4.78, 5) is 8.32. The van der Waals surface area contributed by atoms with Crippen LogP contribution in [0.15, 0.2) is 77.3 Å². The van der Waals surface area contributed by atoms with Crippen molar-refractivity contribution in [2.75, 3.05) is 7.11 Å². The van der Waals surface area contributed by atoms with Gasteiger partial charge in [0.25, 0.3) is 0 Å². The maximum Gasteiger partial charge on any atom is 0.222 e. The number of aromatic nitrogens is 1. The maximum atomic E-state index is 8.12. The summed E-state index contributed by atoms with van der Waals surface area (Å²) in [6, 6.07) is 14.2. The van der Waals surface area contributed by atoms with Crippen molar-refractivity contribution in [3.05, 3.63) is 78.0 Å². The second-order valence-corrected chi connectivity index (χ2v) is 4.95. The zero-order chi connectivity index (χ0) is 17.4. The van der Waals surface area contributed by atoms with E-state index < -0.39 is 0 Å². The molecule has 0 bridgehead atoms. The monoisotopic (exact) mass is 341 g/mol. The van der Waals surface area contributed by atoms with Crippen molar-refractivity contribution >= 4 is 23.3 Å². The van der Waals surface area contributed by atoms with Gasteiger partial charge in [-0.2, -0.15) is 4.99 Å². The Kier molecular flexibility index (Phi) is 6.28. The summed E-state index contributed by atoms with van der Waals surface area (Å²) in [7, 11) is 1.51. The molecule has 0 fully saturated rings. The average molecular weight is 342 g/mol. The lowest BCUT2D eigenvalue weighted by molar-refractivity contribution is 0.397. The third kappa shape index (κ3) is 5.07. The maximum absolute atomic E-state index is 8.12. The molecule has 1 aromatic heterocycles. The van der Waals surface area contributed by atoms with Crippen molar-refractivity contribution in [3.8, 4) is 11.6 Å². The molecular weight excluding hydrogens is 326 g/mol. The fourth-order valence-corrected chi connectivity index (χ4v) is 1.79. The first-order valence-corrected chi connectivity index (χ1v) is 7.41. The molecule has 122 valence electrons. The van der Waals surface area contributed by atoms with E-state index >= 15 is 0 Å². The van der Waals surface area contributed by atoms with Crippen LogP contribution in [-0.4, -0.2) is 23.8 Å². The topological polar surface area (TPSA) is 67.6 Å². The van der Waals surface area contributed by atoms with Gasteiger partial charge in [0.05, 0.1) is 7.11 Å². The van der Waals surface area contributed by atoms with Gasteiger partial charge in [-0.3, -0.25) is 5.41 Å². The summed E-state index contributed by atoms with van der Waals surface area (Å²) < 4.78 is 10.7. The molecule has 0 saturated carbocycles. The molecule has 0 atom stereocenters. The first kappa shape index (κ1) is 17.4. The van der Waals surface area contributed by atoms with Crippen molar-refractivity contribution in [1.82, 2.24) is 4.98 Å². The largest absolute Gasteiger partial charge is 0.481 e. The van der Waals surface area contributed by atoms with Crippen LogP contribution in [0.3, 0.4) is 0 Å². The van der Waals surface area contributed by atoms with Gasteiger partial charge in [0.15, 0.2) is 5.84 Å². The van der Waals surface area contributed by atoms with Crippen LogP contribution in [0.4, 0.5) is 0 Å². The molecule has 0 aliphatic rings. The Morgan fingerprint density at radius 3 is 2.62 bits per heavy atom. The Labute approximate surface area is 145 Å². The number of hydrogen-bond acceptors (Lipinski definition) is 4. The Morgan fingerprint density at radius 1 is 1.21 bits per heavy atom. The molecule has 0 aliphatic heterocycles. The highest BCUT2D eigenvalue weighted by Crippen LogP contribution is 2.13. The zero-order valence-corrected chi connectivity index (χ0v) is 13.8. The molecule has 0 aliphatic carbocycles. The Balaban J connectivity index is 2.32. The number of benzene rings is 1. The Morgan fingerprint density at radius 2 is 1.96 bits per heavy atom. The SMILES string of the molecule is C=C/C(Cl)=C/C(=N\C(=N)c1cccc(OC)n1)Oc1ccccc1. The number of hydrogen-bond donors (Lipinski definition) is 1. The molecule has 1 heterocycles. The van der Waals surface area contributed by atoms with Crippen molar-refractivity contribution in [2.45, 2.75) is 0 Å². The number of allylic oxidation sites excluding steroid dienone is 2. The lowest BCUT2D eigenvalue weighted by atomic mass is 10.3. The van der Waals surface area contributed by atoms with Gasteiger partial charge in [0.2, 0.25) is 11.8 Å². The summed E-state index contributed by atoms with van der Waals surface area (Å²) in [6.45, 7) is 3.59. The molecule has 0 amide bonds. The minimum atomic E-state index is -0.0791. The van der Waals surface area contributed by atoms with Crippen molar-refractivity contribution in [3.63, 3.8) is 0 Å². The number of amidine groups is 1. The number of rotatable bonds is 5.